The molecule has 0 N–H and O–H groups in total. The van der Waals surface area contributed by atoms with E-state index in [0.717, 1.165) is 93.7 Å². The van der Waals surface area contributed by atoms with E-state index in [1.165, 1.54) is 0 Å². The Morgan fingerprint density at radius 2 is 0.780 bits per heavy atom. The van der Waals surface area contributed by atoms with Gasteiger partial charge in [0.25, 0.3) is 0 Å². The van der Waals surface area contributed by atoms with Gasteiger partial charge in [0, 0.05) is 51.3 Å². The number of benzene rings is 5. The number of hydrogen-bond donors (Lipinski definition) is 0. The Labute approximate surface area is 286 Å². The van der Waals surface area contributed by atoms with Crippen molar-refractivity contribution in [2.75, 3.05) is 0 Å². The number of aromatic nitrogens is 6. The Hall–Kier alpha value is -6.92. The molecule has 6 nitrogen and oxygen atoms in total. The number of nitrogens with zero attached hydrogens (tertiary/aromatic N) is 6. The second kappa shape index (κ2) is 11.4. The van der Waals surface area contributed by atoms with Gasteiger partial charge in [0.05, 0.1) is 33.5 Å². The maximum absolute atomic E-state index is 5.13. The van der Waals surface area contributed by atoms with E-state index < -0.39 is 0 Å². The predicted octanol–water partition coefficient (Wildman–Crippen LogP) is 10.5. The van der Waals surface area contributed by atoms with E-state index in [-0.39, 0.29) is 0 Å². The minimum Gasteiger partial charge on any atom is -0.254 e. The van der Waals surface area contributed by atoms with Gasteiger partial charge in [-0.15, -0.1) is 0 Å². The first kappa shape index (κ1) is 28.1. The van der Waals surface area contributed by atoms with E-state index in [2.05, 4.69) is 136 Å². The SMILES string of the molecule is c1cnc(-c2ccc3ccc(-c4ccc5ccc(-c6ccc7cc(-c8ccc9ccc%10cccnc%10c9n8)ccc7c6)nc5c4)cc3n2)nc1. The molecule has 0 unspecified atom stereocenters. The van der Waals surface area contributed by atoms with Crippen LogP contribution in [-0.2, 0) is 0 Å². The summed E-state index contributed by atoms with van der Waals surface area (Å²) in [4.78, 5) is 28.4. The zero-order valence-corrected chi connectivity index (χ0v) is 26.7. The molecule has 0 saturated carbocycles. The third kappa shape index (κ3) is 4.90. The van der Waals surface area contributed by atoms with Gasteiger partial charge in [0.15, 0.2) is 5.82 Å². The average molecular weight is 639 g/mol. The van der Waals surface area contributed by atoms with Gasteiger partial charge in [-0.05, 0) is 76.5 Å². The van der Waals surface area contributed by atoms with E-state index in [4.69, 9.17) is 15.0 Å². The highest BCUT2D eigenvalue weighted by Gasteiger charge is 2.10. The fraction of sp³-hybridized carbons (Fsp3) is 0. The molecule has 0 amide bonds. The summed E-state index contributed by atoms with van der Waals surface area (Å²) in [5.74, 6) is 0.616. The summed E-state index contributed by atoms with van der Waals surface area (Å²) in [5, 5.41) is 6.64. The maximum Gasteiger partial charge on any atom is 0.178 e. The van der Waals surface area contributed by atoms with Crippen molar-refractivity contribution >= 4 is 54.4 Å². The molecule has 50 heavy (non-hydrogen) atoms. The van der Waals surface area contributed by atoms with Crippen LogP contribution in [0.4, 0.5) is 0 Å². The lowest BCUT2D eigenvalue weighted by atomic mass is 9.99. The van der Waals surface area contributed by atoms with Crippen LogP contribution in [0, 0.1) is 0 Å². The molecular formula is C44H26N6. The first-order valence-corrected chi connectivity index (χ1v) is 16.5. The molecule has 10 rings (SSSR count). The lowest BCUT2D eigenvalue weighted by Gasteiger charge is -2.09. The molecule has 6 heteroatoms. The van der Waals surface area contributed by atoms with Crippen LogP contribution in [-0.4, -0.2) is 29.9 Å². The zero-order valence-electron chi connectivity index (χ0n) is 26.7. The van der Waals surface area contributed by atoms with Gasteiger partial charge in [-0.2, -0.15) is 0 Å². The van der Waals surface area contributed by atoms with Gasteiger partial charge < -0.3 is 0 Å². The van der Waals surface area contributed by atoms with Gasteiger partial charge in [0.1, 0.15) is 5.69 Å². The number of hydrogen-bond acceptors (Lipinski definition) is 6. The summed E-state index contributed by atoms with van der Waals surface area (Å²) in [5.41, 5.74) is 10.6. The standard InChI is InChI=1S/C44H26N6/c1-3-29-6-7-30-16-18-38(50-43(30)42(29)45-20-1)36-13-11-31-23-35(12-10-32(31)24-36)37-17-14-27-4-8-33(25-40(27)48-37)34-9-5-28-15-19-39(49-41(28)26-34)44-46-21-2-22-47-44/h1-26H. The summed E-state index contributed by atoms with van der Waals surface area (Å²) in [6.45, 7) is 0. The van der Waals surface area contributed by atoms with E-state index in [0.29, 0.717) is 5.82 Å². The first-order chi connectivity index (χ1) is 24.7. The van der Waals surface area contributed by atoms with Crippen LogP contribution in [0.3, 0.4) is 0 Å². The Bertz CT molecular complexity index is 2940. The largest absolute Gasteiger partial charge is 0.254 e. The molecule has 0 aliphatic heterocycles. The normalized spacial score (nSPS) is 11.6. The van der Waals surface area contributed by atoms with Crippen LogP contribution in [0.5, 0.6) is 0 Å². The Kier molecular flexibility index (Phi) is 6.39. The molecule has 0 radical (unpaired) electrons. The van der Waals surface area contributed by atoms with E-state index in [1.807, 2.05) is 24.4 Å². The molecule has 0 fully saturated rings. The highest BCUT2D eigenvalue weighted by atomic mass is 14.9. The molecule has 5 aromatic carbocycles. The van der Waals surface area contributed by atoms with E-state index in [1.54, 1.807) is 12.4 Å². The highest BCUT2D eigenvalue weighted by molar-refractivity contribution is 6.03. The van der Waals surface area contributed by atoms with Crippen molar-refractivity contribution in [2.45, 2.75) is 0 Å². The summed E-state index contributed by atoms with van der Waals surface area (Å²) >= 11 is 0. The molecule has 0 aliphatic rings. The van der Waals surface area contributed by atoms with Crippen LogP contribution < -0.4 is 0 Å². The summed E-state index contributed by atoms with van der Waals surface area (Å²) in [7, 11) is 0. The Balaban J connectivity index is 0.978. The lowest BCUT2D eigenvalue weighted by Crippen LogP contribution is -1.91. The minimum atomic E-state index is 0.616. The topological polar surface area (TPSA) is 77.3 Å². The van der Waals surface area contributed by atoms with Gasteiger partial charge in [-0.1, -0.05) is 84.9 Å². The average Bonchev–Trinajstić information content (AvgIpc) is 3.19. The Morgan fingerprint density at radius 3 is 1.46 bits per heavy atom. The molecule has 0 aliphatic carbocycles. The van der Waals surface area contributed by atoms with Crippen molar-refractivity contribution < 1.29 is 0 Å². The summed E-state index contributed by atoms with van der Waals surface area (Å²) < 4.78 is 0. The third-order valence-corrected chi connectivity index (χ3v) is 9.38. The fourth-order valence-corrected chi connectivity index (χ4v) is 6.76. The summed E-state index contributed by atoms with van der Waals surface area (Å²) in [6, 6.07) is 48.4. The Morgan fingerprint density at radius 1 is 0.300 bits per heavy atom. The van der Waals surface area contributed by atoms with E-state index in [9.17, 15) is 0 Å². The van der Waals surface area contributed by atoms with Crippen LogP contribution in [0.2, 0.25) is 0 Å². The zero-order chi connectivity index (χ0) is 33.0. The molecule has 5 aromatic heterocycles. The van der Waals surface area contributed by atoms with Crippen molar-refractivity contribution in [1.82, 2.24) is 29.9 Å². The maximum atomic E-state index is 5.13. The van der Waals surface area contributed by atoms with Crippen molar-refractivity contribution in [3.05, 3.63) is 158 Å². The fourth-order valence-electron chi connectivity index (χ4n) is 6.76. The van der Waals surface area contributed by atoms with Gasteiger partial charge in [-0.25, -0.2) is 24.9 Å². The second-order valence-electron chi connectivity index (χ2n) is 12.5. The lowest BCUT2D eigenvalue weighted by molar-refractivity contribution is 1.15. The minimum absolute atomic E-state index is 0.616. The smallest absolute Gasteiger partial charge is 0.178 e. The molecular weight excluding hydrogens is 613 g/mol. The second-order valence-corrected chi connectivity index (χ2v) is 12.5. The van der Waals surface area contributed by atoms with Crippen molar-refractivity contribution in [3.63, 3.8) is 0 Å². The van der Waals surface area contributed by atoms with Crippen LogP contribution in [0.25, 0.3) is 99.5 Å². The highest BCUT2D eigenvalue weighted by Crippen LogP contribution is 2.32. The van der Waals surface area contributed by atoms with Gasteiger partial charge >= 0.3 is 0 Å². The van der Waals surface area contributed by atoms with Crippen molar-refractivity contribution in [3.8, 4) is 45.2 Å². The molecule has 5 heterocycles. The molecule has 0 atom stereocenters. The van der Waals surface area contributed by atoms with Crippen molar-refractivity contribution in [2.24, 2.45) is 0 Å². The quantitative estimate of drug-likeness (QED) is 0.179. The molecule has 0 bridgehead atoms. The van der Waals surface area contributed by atoms with Gasteiger partial charge in [-0.3, -0.25) is 4.98 Å². The molecule has 10 aromatic rings. The van der Waals surface area contributed by atoms with E-state index >= 15 is 0 Å². The number of pyridine rings is 4. The molecule has 0 saturated heterocycles. The van der Waals surface area contributed by atoms with Crippen LogP contribution >= 0.6 is 0 Å². The summed E-state index contributed by atoms with van der Waals surface area (Å²) in [6.07, 6.45) is 5.30. The van der Waals surface area contributed by atoms with Gasteiger partial charge in [0.2, 0.25) is 0 Å². The van der Waals surface area contributed by atoms with Crippen LogP contribution in [0.1, 0.15) is 0 Å². The van der Waals surface area contributed by atoms with Crippen molar-refractivity contribution in [1.29, 1.82) is 0 Å². The monoisotopic (exact) mass is 638 g/mol. The third-order valence-electron chi connectivity index (χ3n) is 9.38. The molecule has 0 spiro atoms. The number of rotatable bonds is 4. The van der Waals surface area contributed by atoms with Crippen LogP contribution in [0.15, 0.2) is 158 Å². The predicted molar refractivity (Wildman–Crippen MR) is 202 cm³/mol. The number of fused-ring (bicyclic) bond motifs is 6. The first-order valence-electron chi connectivity index (χ1n) is 16.5. The molecule has 232 valence electrons.